The molecule has 0 radical (unpaired) electrons. The van der Waals surface area contributed by atoms with Gasteiger partial charge in [-0.3, -0.25) is 4.79 Å². The molecule has 0 bridgehead atoms. The second kappa shape index (κ2) is 6.06. The first kappa shape index (κ1) is 14.5. The van der Waals surface area contributed by atoms with Gasteiger partial charge >= 0.3 is 0 Å². The summed E-state index contributed by atoms with van der Waals surface area (Å²) in [6.45, 7) is 2.17. The van der Waals surface area contributed by atoms with Gasteiger partial charge < -0.3 is 10.4 Å². The summed E-state index contributed by atoms with van der Waals surface area (Å²) >= 11 is 3.46. The van der Waals surface area contributed by atoms with Gasteiger partial charge in [0, 0.05) is 17.1 Å². The Morgan fingerprint density at radius 3 is 2.84 bits per heavy atom. The number of amides is 1. The van der Waals surface area contributed by atoms with Crippen molar-refractivity contribution in [2.45, 2.75) is 44.1 Å². The summed E-state index contributed by atoms with van der Waals surface area (Å²) in [4.78, 5) is 12.4. The summed E-state index contributed by atoms with van der Waals surface area (Å²) in [6.07, 6.45) is 3.38. The van der Waals surface area contributed by atoms with Crippen molar-refractivity contribution in [3.8, 4) is 0 Å². The molecular weight excluding hydrogens is 306 g/mol. The van der Waals surface area contributed by atoms with Crippen molar-refractivity contribution < 1.29 is 9.90 Å². The number of hydrogen-bond donors (Lipinski definition) is 2. The number of nitrogens with one attached hydrogen (secondary N) is 1. The van der Waals surface area contributed by atoms with Gasteiger partial charge in [-0.15, -0.1) is 0 Å². The first-order chi connectivity index (χ1) is 9.08. The molecule has 0 aliphatic heterocycles. The van der Waals surface area contributed by atoms with E-state index in [1.807, 2.05) is 31.2 Å². The highest BCUT2D eigenvalue weighted by Crippen LogP contribution is 2.48. The summed E-state index contributed by atoms with van der Waals surface area (Å²) in [5.74, 6) is 0.121. The van der Waals surface area contributed by atoms with Gasteiger partial charge in [-0.2, -0.15) is 0 Å². The molecule has 0 spiro atoms. The lowest BCUT2D eigenvalue weighted by Gasteiger charge is -2.20. The van der Waals surface area contributed by atoms with E-state index in [-0.39, 0.29) is 24.0 Å². The van der Waals surface area contributed by atoms with Gasteiger partial charge in [0.25, 0.3) is 0 Å². The summed E-state index contributed by atoms with van der Waals surface area (Å²) in [5, 5.41) is 11.9. The maximum atomic E-state index is 12.4. The van der Waals surface area contributed by atoms with Crippen LogP contribution in [0.2, 0.25) is 0 Å². The van der Waals surface area contributed by atoms with Gasteiger partial charge in [0.05, 0.1) is 5.41 Å². The van der Waals surface area contributed by atoms with Crippen LogP contribution in [0.3, 0.4) is 0 Å². The second-order valence-electron chi connectivity index (χ2n) is 5.33. The van der Waals surface area contributed by atoms with Crippen LogP contribution in [0.15, 0.2) is 28.7 Å². The van der Waals surface area contributed by atoms with E-state index >= 15 is 0 Å². The number of aliphatic hydroxyl groups excluding tert-OH is 1. The Kier molecular flexibility index (Phi) is 4.63. The molecule has 104 valence electrons. The van der Waals surface area contributed by atoms with Crippen LogP contribution in [0.5, 0.6) is 0 Å². The van der Waals surface area contributed by atoms with E-state index < -0.39 is 0 Å². The van der Waals surface area contributed by atoms with Crippen molar-refractivity contribution in [1.29, 1.82) is 0 Å². The fourth-order valence-corrected chi connectivity index (χ4v) is 2.79. The fourth-order valence-electron chi connectivity index (χ4n) is 2.39. The number of benzene rings is 1. The smallest absolute Gasteiger partial charge is 0.230 e. The summed E-state index contributed by atoms with van der Waals surface area (Å²) in [6, 6.07) is 8.12. The molecule has 1 aromatic rings. The highest BCUT2D eigenvalue weighted by Gasteiger charge is 2.51. The van der Waals surface area contributed by atoms with Crippen molar-refractivity contribution in [3.05, 3.63) is 34.3 Å². The van der Waals surface area contributed by atoms with Crippen molar-refractivity contribution in [2.75, 3.05) is 6.61 Å². The molecule has 1 aromatic carbocycles. The third-order valence-electron chi connectivity index (χ3n) is 3.73. The Morgan fingerprint density at radius 2 is 2.26 bits per heavy atom. The molecule has 1 aliphatic rings. The molecule has 2 N–H and O–H groups in total. The number of rotatable bonds is 6. The molecule has 0 aromatic heterocycles. The molecule has 1 aliphatic carbocycles. The average Bonchev–Trinajstić information content (AvgIpc) is 3.18. The lowest BCUT2D eigenvalue weighted by Crippen LogP contribution is -2.40. The van der Waals surface area contributed by atoms with Crippen LogP contribution in [-0.2, 0) is 10.2 Å². The Labute approximate surface area is 122 Å². The zero-order chi connectivity index (χ0) is 13.9. The minimum atomic E-state index is -0.322. The topological polar surface area (TPSA) is 49.3 Å². The average molecular weight is 326 g/mol. The van der Waals surface area contributed by atoms with Gasteiger partial charge in [-0.05, 0) is 50.3 Å². The van der Waals surface area contributed by atoms with Crippen LogP contribution in [0.1, 0.15) is 38.2 Å². The highest BCUT2D eigenvalue weighted by molar-refractivity contribution is 9.10. The predicted molar refractivity (Wildman–Crippen MR) is 79.0 cm³/mol. The minimum Gasteiger partial charge on any atom is -0.396 e. The standard InChI is InChI=1S/C15H20BrNO2/c1-11(4-3-9-18)17-14(19)15(7-8-15)12-5-2-6-13(16)10-12/h2,5-6,10-11,18H,3-4,7-9H2,1H3,(H,17,19). The normalized spacial score (nSPS) is 17.8. The van der Waals surface area contributed by atoms with E-state index in [0.29, 0.717) is 0 Å². The fraction of sp³-hybridized carbons (Fsp3) is 0.533. The maximum Gasteiger partial charge on any atom is 0.230 e. The van der Waals surface area contributed by atoms with E-state index in [1.54, 1.807) is 0 Å². The highest BCUT2D eigenvalue weighted by atomic mass is 79.9. The third-order valence-corrected chi connectivity index (χ3v) is 4.23. The molecule has 0 heterocycles. The lowest BCUT2D eigenvalue weighted by molar-refractivity contribution is -0.124. The van der Waals surface area contributed by atoms with Gasteiger partial charge in [-0.1, -0.05) is 28.1 Å². The molecule has 1 saturated carbocycles. The Morgan fingerprint density at radius 1 is 1.53 bits per heavy atom. The molecular formula is C15H20BrNO2. The Bertz CT molecular complexity index is 457. The first-order valence-electron chi connectivity index (χ1n) is 6.76. The van der Waals surface area contributed by atoms with Crippen molar-refractivity contribution >= 4 is 21.8 Å². The Hall–Kier alpha value is -0.870. The summed E-state index contributed by atoms with van der Waals surface area (Å²) in [5.41, 5.74) is 0.769. The van der Waals surface area contributed by atoms with Gasteiger partial charge in [0.2, 0.25) is 5.91 Å². The van der Waals surface area contributed by atoms with Gasteiger partial charge in [0.15, 0.2) is 0 Å². The van der Waals surface area contributed by atoms with E-state index in [9.17, 15) is 4.79 Å². The molecule has 1 amide bonds. The van der Waals surface area contributed by atoms with Crippen molar-refractivity contribution in [1.82, 2.24) is 5.32 Å². The molecule has 2 rings (SSSR count). The second-order valence-corrected chi connectivity index (χ2v) is 6.25. The van der Waals surface area contributed by atoms with Crippen molar-refractivity contribution in [3.63, 3.8) is 0 Å². The quantitative estimate of drug-likeness (QED) is 0.844. The molecule has 1 atom stereocenters. The molecule has 0 saturated heterocycles. The number of halogens is 1. The van der Waals surface area contributed by atoms with E-state index in [2.05, 4.69) is 21.2 Å². The minimum absolute atomic E-state index is 0.115. The van der Waals surface area contributed by atoms with Crippen molar-refractivity contribution in [2.24, 2.45) is 0 Å². The van der Waals surface area contributed by atoms with Gasteiger partial charge in [0.1, 0.15) is 0 Å². The van der Waals surface area contributed by atoms with E-state index in [1.165, 1.54) is 0 Å². The zero-order valence-electron chi connectivity index (χ0n) is 11.2. The number of carbonyl (C=O) groups is 1. The summed E-state index contributed by atoms with van der Waals surface area (Å²) in [7, 11) is 0. The van der Waals surface area contributed by atoms with E-state index in [4.69, 9.17) is 5.11 Å². The largest absolute Gasteiger partial charge is 0.396 e. The lowest BCUT2D eigenvalue weighted by atomic mass is 9.94. The van der Waals surface area contributed by atoms with Crippen LogP contribution < -0.4 is 5.32 Å². The molecule has 1 fully saturated rings. The molecule has 1 unspecified atom stereocenters. The van der Waals surface area contributed by atoms with Gasteiger partial charge in [-0.25, -0.2) is 0 Å². The van der Waals surface area contributed by atoms with Crippen LogP contribution in [0.25, 0.3) is 0 Å². The number of aliphatic hydroxyl groups is 1. The van der Waals surface area contributed by atoms with Crippen LogP contribution in [0, 0.1) is 0 Å². The van der Waals surface area contributed by atoms with Crippen LogP contribution >= 0.6 is 15.9 Å². The van der Waals surface area contributed by atoms with Crippen LogP contribution in [-0.4, -0.2) is 23.7 Å². The predicted octanol–water partition coefficient (Wildman–Crippen LogP) is 2.76. The third kappa shape index (κ3) is 3.37. The summed E-state index contributed by atoms with van der Waals surface area (Å²) < 4.78 is 1.01. The zero-order valence-corrected chi connectivity index (χ0v) is 12.7. The van der Waals surface area contributed by atoms with E-state index in [0.717, 1.165) is 35.7 Å². The molecule has 4 heteroatoms. The van der Waals surface area contributed by atoms with Crippen LogP contribution in [0.4, 0.5) is 0 Å². The maximum absolute atomic E-state index is 12.4. The first-order valence-corrected chi connectivity index (χ1v) is 7.56. The molecule has 19 heavy (non-hydrogen) atoms. The SMILES string of the molecule is CC(CCCO)NC(=O)C1(c2cccc(Br)c2)CC1. The molecule has 3 nitrogen and oxygen atoms in total. The Balaban J connectivity index is 2.02. The monoisotopic (exact) mass is 325 g/mol. The number of carbonyl (C=O) groups excluding carboxylic acids is 1. The number of hydrogen-bond acceptors (Lipinski definition) is 2.